The van der Waals surface area contributed by atoms with Gasteiger partial charge in [-0.2, -0.15) is 0 Å². The number of nitrogens with one attached hydrogen (secondary N) is 2. The second-order valence-corrected chi connectivity index (χ2v) is 6.17. The third kappa shape index (κ3) is 3.03. The van der Waals surface area contributed by atoms with Crippen LogP contribution in [0, 0.1) is 0 Å². The fourth-order valence-corrected chi connectivity index (χ4v) is 3.20. The highest BCUT2D eigenvalue weighted by molar-refractivity contribution is 7.10. The fraction of sp³-hybridized carbons (Fsp3) is 0.235. The molecule has 0 spiro atoms. The summed E-state index contributed by atoms with van der Waals surface area (Å²) in [7, 11) is 3.19. The number of benzene rings is 1. The summed E-state index contributed by atoms with van der Waals surface area (Å²) in [6, 6.07) is 9.40. The van der Waals surface area contributed by atoms with E-state index in [1.165, 1.54) is 0 Å². The molecule has 0 radical (unpaired) electrons. The quantitative estimate of drug-likeness (QED) is 0.749. The molecule has 3 aromatic rings. The second kappa shape index (κ2) is 6.34. The molecule has 2 N–H and O–H groups in total. The predicted molar refractivity (Wildman–Crippen MR) is 91.6 cm³/mol. The Hall–Kier alpha value is -2.47. The monoisotopic (exact) mass is 330 g/mol. The number of methoxy groups -OCH3 is 2. The van der Waals surface area contributed by atoms with Crippen molar-refractivity contribution in [3.63, 3.8) is 0 Å². The van der Waals surface area contributed by atoms with Gasteiger partial charge in [-0.1, -0.05) is 6.07 Å². The lowest BCUT2D eigenvalue weighted by atomic mass is 10.2. The summed E-state index contributed by atoms with van der Waals surface area (Å²) in [5.41, 5.74) is 1.28. The maximum atomic E-state index is 12.5. The highest BCUT2D eigenvalue weighted by atomic mass is 32.1. The lowest BCUT2D eigenvalue weighted by molar-refractivity contribution is 0.0936. The SMILES string of the molecule is COc1cc(OC)c2[nH]c(C(=O)N[C@H](C)c3cccs3)cc2c1. The van der Waals surface area contributed by atoms with Gasteiger partial charge in [-0.25, -0.2) is 0 Å². The van der Waals surface area contributed by atoms with Crippen LogP contribution in [-0.2, 0) is 0 Å². The molecule has 0 saturated carbocycles. The van der Waals surface area contributed by atoms with Gasteiger partial charge in [0, 0.05) is 16.3 Å². The molecule has 0 aliphatic carbocycles. The molecular weight excluding hydrogens is 312 g/mol. The number of thiophene rings is 1. The first-order chi connectivity index (χ1) is 11.1. The number of fused-ring (bicyclic) bond motifs is 1. The highest BCUT2D eigenvalue weighted by Crippen LogP contribution is 2.31. The van der Waals surface area contributed by atoms with Crippen LogP contribution in [0.4, 0.5) is 0 Å². The van der Waals surface area contributed by atoms with Crippen molar-refractivity contribution in [1.82, 2.24) is 10.3 Å². The van der Waals surface area contributed by atoms with Crippen LogP contribution in [0.15, 0.2) is 35.7 Å². The van der Waals surface area contributed by atoms with Gasteiger partial charge in [0.05, 0.1) is 25.8 Å². The van der Waals surface area contributed by atoms with Crippen molar-refractivity contribution in [3.8, 4) is 11.5 Å². The first-order valence-corrected chi connectivity index (χ1v) is 8.09. The molecule has 1 atom stereocenters. The van der Waals surface area contributed by atoms with Crippen LogP contribution in [-0.4, -0.2) is 25.1 Å². The molecule has 0 unspecified atom stereocenters. The molecule has 3 rings (SSSR count). The minimum atomic E-state index is -0.150. The molecule has 0 saturated heterocycles. The van der Waals surface area contributed by atoms with Gasteiger partial charge in [-0.15, -0.1) is 11.3 Å². The van der Waals surface area contributed by atoms with Crippen molar-refractivity contribution in [3.05, 3.63) is 46.3 Å². The number of carbonyl (C=O) groups is 1. The van der Waals surface area contributed by atoms with Crippen molar-refractivity contribution in [2.24, 2.45) is 0 Å². The Kier molecular flexibility index (Phi) is 4.25. The third-order valence-corrected chi connectivity index (χ3v) is 4.74. The van der Waals surface area contributed by atoms with Crippen molar-refractivity contribution >= 4 is 28.1 Å². The summed E-state index contributed by atoms with van der Waals surface area (Å²) in [5, 5.41) is 5.86. The van der Waals surface area contributed by atoms with Gasteiger partial charge < -0.3 is 19.8 Å². The Balaban J connectivity index is 1.89. The summed E-state index contributed by atoms with van der Waals surface area (Å²) in [4.78, 5) is 16.7. The number of aromatic amines is 1. The van der Waals surface area contributed by atoms with Gasteiger partial charge in [0.1, 0.15) is 17.2 Å². The van der Waals surface area contributed by atoms with E-state index in [9.17, 15) is 4.79 Å². The lowest BCUT2D eigenvalue weighted by Crippen LogP contribution is -2.26. The zero-order valence-corrected chi connectivity index (χ0v) is 14.0. The van der Waals surface area contributed by atoms with Crippen LogP contribution in [0.25, 0.3) is 10.9 Å². The van der Waals surface area contributed by atoms with Crippen molar-refractivity contribution in [1.29, 1.82) is 0 Å². The second-order valence-electron chi connectivity index (χ2n) is 5.19. The molecule has 0 aliphatic heterocycles. The van der Waals surface area contributed by atoms with Crippen LogP contribution < -0.4 is 14.8 Å². The summed E-state index contributed by atoms with van der Waals surface area (Å²) in [5.74, 6) is 1.18. The standard InChI is InChI=1S/C17H18N2O3S/c1-10(15-5-4-6-23-15)18-17(20)13-8-11-7-12(21-2)9-14(22-3)16(11)19-13/h4-10,19H,1-3H3,(H,18,20)/t10-/m1/s1. The molecule has 120 valence electrons. The van der Waals surface area contributed by atoms with Crippen LogP contribution in [0.2, 0.25) is 0 Å². The van der Waals surface area contributed by atoms with Gasteiger partial charge in [0.15, 0.2) is 0 Å². The van der Waals surface area contributed by atoms with Gasteiger partial charge in [0.2, 0.25) is 0 Å². The highest BCUT2D eigenvalue weighted by Gasteiger charge is 2.16. The van der Waals surface area contributed by atoms with Crippen LogP contribution in [0.1, 0.15) is 28.3 Å². The van der Waals surface area contributed by atoms with Crippen molar-refractivity contribution in [2.45, 2.75) is 13.0 Å². The Labute approximate surface area is 138 Å². The number of aromatic nitrogens is 1. The number of carbonyl (C=O) groups excluding carboxylic acids is 1. The first kappa shape index (κ1) is 15.4. The van der Waals surface area contributed by atoms with Crippen LogP contribution in [0.3, 0.4) is 0 Å². The van der Waals surface area contributed by atoms with Crippen LogP contribution in [0.5, 0.6) is 11.5 Å². The molecule has 0 aliphatic rings. The Morgan fingerprint density at radius 1 is 1.26 bits per heavy atom. The van der Waals surface area contributed by atoms with E-state index in [4.69, 9.17) is 9.47 Å². The first-order valence-electron chi connectivity index (χ1n) is 7.21. The normalized spacial score (nSPS) is 12.1. The molecule has 6 heteroatoms. The Morgan fingerprint density at radius 3 is 2.74 bits per heavy atom. The maximum absolute atomic E-state index is 12.5. The smallest absolute Gasteiger partial charge is 0.268 e. The molecule has 23 heavy (non-hydrogen) atoms. The molecule has 0 fully saturated rings. The number of hydrogen-bond acceptors (Lipinski definition) is 4. The van der Waals surface area contributed by atoms with E-state index in [-0.39, 0.29) is 11.9 Å². The molecule has 2 aromatic heterocycles. The van der Waals surface area contributed by atoms with E-state index < -0.39 is 0 Å². The minimum absolute atomic E-state index is 0.0367. The van der Waals surface area contributed by atoms with Crippen LogP contribution >= 0.6 is 11.3 Å². The molecular formula is C17H18N2O3S. The number of ether oxygens (including phenoxy) is 2. The van der Waals surface area contributed by atoms with Gasteiger partial charge in [-0.05, 0) is 30.5 Å². The van der Waals surface area contributed by atoms with E-state index in [1.807, 2.05) is 30.5 Å². The van der Waals surface area contributed by atoms with E-state index in [0.717, 1.165) is 15.8 Å². The molecule has 1 aromatic carbocycles. The average molecular weight is 330 g/mol. The molecule has 5 nitrogen and oxygen atoms in total. The third-order valence-electron chi connectivity index (χ3n) is 3.68. The summed E-state index contributed by atoms with van der Waals surface area (Å²) < 4.78 is 10.6. The number of hydrogen-bond donors (Lipinski definition) is 2. The van der Waals surface area contributed by atoms with E-state index in [0.29, 0.717) is 17.2 Å². The van der Waals surface area contributed by atoms with E-state index in [1.54, 1.807) is 37.7 Å². The van der Waals surface area contributed by atoms with E-state index >= 15 is 0 Å². The molecule has 2 heterocycles. The number of H-pyrrole nitrogens is 1. The average Bonchev–Trinajstić information content (AvgIpc) is 3.22. The molecule has 1 amide bonds. The molecule has 0 bridgehead atoms. The Morgan fingerprint density at radius 2 is 2.09 bits per heavy atom. The van der Waals surface area contributed by atoms with Gasteiger partial charge >= 0.3 is 0 Å². The lowest BCUT2D eigenvalue weighted by Gasteiger charge is -2.11. The summed E-state index contributed by atoms with van der Waals surface area (Å²) >= 11 is 1.62. The van der Waals surface area contributed by atoms with E-state index in [2.05, 4.69) is 10.3 Å². The zero-order valence-electron chi connectivity index (χ0n) is 13.2. The van der Waals surface area contributed by atoms with Gasteiger partial charge in [0.25, 0.3) is 5.91 Å². The largest absolute Gasteiger partial charge is 0.497 e. The Bertz CT molecular complexity index is 824. The predicted octanol–water partition coefficient (Wildman–Crippen LogP) is 3.74. The fourth-order valence-electron chi connectivity index (χ4n) is 2.47. The minimum Gasteiger partial charge on any atom is -0.497 e. The number of rotatable bonds is 5. The van der Waals surface area contributed by atoms with Crippen molar-refractivity contribution < 1.29 is 14.3 Å². The van der Waals surface area contributed by atoms with Crippen molar-refractivity contribution in [2.75, 3.05) is 14.2 Å². The maximum Gasteiger partial charge on any atom is 0.268 e. The summed E-state index contributed by atoms with van der Waals surface area (Å²) in [6.07, 6.45) is 0. The topological polar surface area (TPSA) is 63.4 Å². The van der Waals surface area contributed by atoms with Gasteiger partial charge in [-0.3, -0.25) is 4.79 Å². The summed E-state index contributed by atoms with van der Waals surface area (Å²) in [6.45, 7) is 1.97. The number of amides is 1. The zero-order chi connectivity index (χ0) is 16.4.